The van der Waals surface area contributed by atoms with Crippen molar-refractivity contribution in [3.63, 3.8) is 0 Å². The summed E-state index contributed by atoms with van der Waals surface area (Å²) >= 11 is 5.16. The Labute approximate surface area is 124 Å². The molecule has 0 aliphatic carbocycles. The van der Waals surface area contributed by atoms with Gasteiger partial charge in [-0.15, -0.1) is 0 Å². The van der Waals surface area contributed by atoms with Crippen molar-refractivity contribution >= 4 is 33.7 Å². The SMILES string of the molecule is NC(=S)c1ccc(N2CCCOCC2)c2ccccc12. The Balaban J connectivity index is 2.12. The lowest BCUT2D eigenvalue weighted by Crippen LogP contribution is -2.26. The first-order valence-electron chi connectivity index (χ1n) is 6.91. The summed E-state index contributed by atoms with van der Waals surface area (Å²) in [6.07, 6.45) is 1.06. The highest BCUT2D eigenvalue weighted by atomic mass is 32.1. The number of nitrogens with zero attached hydrogens (tertiary/aromatic N) is 1. The highest BCUT2D eigenvalue weighted by Gasteiger charge is 2.14. The van der Waals surface area contributed by atoms with E-state index in [9.17, 15) is 0 Å². The van der Waals surface area contributed by atoms with E-state index < -0.39 is 0 Å². The molecule has 0 atom stereocenters. The third kappa shape index (κ3) is 2.49. The molecule has 4 heteroatoms. The molecule has 0 spiro atoms. The predicted octanol–water partition coefficient (Wildman–Crippen LogP) is 2.70. The fraction of sp³-hybridized carbons (Fsp3) is 0.312. The van der Waals surface area contributed by atoms with Crippen LogP contribution >= 0.6 is 12.2 Å². The van der Waals surface area contributed by atoms with Crippen molar-refractivity contribution in [2.45, 2.75) is 6.42 Å². The molecule has 0 aromatic heterocycles. The summed E-state index contributed by atoms with van der Waals surface area (Å²) in [6.45, 7) is 3.58. The van der Waals surface area contributed by atoms with Gasteiger partial charge in [-0.25, -0.2) is 0 Å². The van der Waals surface area contributed by atoms with E-state index in [0.717, 1.165) is 43.7 Å². The van der Waals surface area contributed by atoms with Crippen LogP contribution in [0.3, 0.4) is 0 Å². The van der Waals surface area contributed by atoms with E-state index in [1.807, 2.05) is 12.1 Å². The predicted molar refractivity (Wildman–Crippen MR) is 87.5 cm³/mol. The van der Waals surface area contributed by atoms with E-state index in [-0.39, 0.29) is 0 Å². The second-order valence-corrected chi connectivity index (χ2v) is 5.43. The molecule has 1 saturated heterocycles. The molecule has 0 radical (unpaired) electrons. The van der Waals surface area contributed by atoms with Gasteiger partial charge in [-0.05, 0) is 23.9 Å². The summed E-state index contributed by atoms with van der Waals surface area (Å²) in [7, 11) is 0. The number of anilines is 1. The van der Waals surface area contributed by atoms with Crippen molar-refractivity contribution in [3.05, 3.63) is 42.0 Å². The van der Waals surface area contributed by atoms with Gasteiger partial charge in [-0.1, -0.05) is 36.5 Å². The van der Waals surface area contributed by atoms with Crippen LogP contribution in [0.1, 0.15) is 12.0 Å². The van der Waals surface area contributed by atoms with Crippen LogP contribution in [-0.4, -0.2) is 31.3 Å². The fourth-order valence-electron chi connectivity index (χ4n) is 2.76. The fourth-order valence-corrected chi connectivity index (χ4v) is 2.94. The number of fused-ring (bicyclic) bond motifs is 1. The number of ether oxygens (including phenoxy) is 1. The van der Waals surface area contributed by atoms with Gasteiger partial charge in [0, 0.05) is 36.3 Å². The quantitative estimate of drug-likeness (QED) is 0.862. The zero-order valence-electron chi connectivity index (χ0n) is 11.3. The lowest BCUT2D eigenvalue weighted by molar-refractivity contribution is 0.152. The molecule has 3 nitrogen and oxygen atoms in total. The van der Waals surface area contributed by atoms with E-state index in [1.165, 1.54) is 11.1 Å². The Hall–Kier alpha value is -1.65. The van der Waals surface area contributed by atoms with Crippen LogP contribution in [0.15, 0.2) is 36.4 Å². The van der Waals surface area contributed by atoms with Crippen LogP contribution in [0.25, 0.3) is 10.8 Å². The Morgan fingerprint density at radius 1 is 1.05 bits per heavy atom. The summed E-state index contributed by atoms with van der Waals surface area (Å²) in [4.78, 5) is 2.84. The van der Waals surface area contributed by atoms with E-state index in [0.29, 0.717) is 4.99 Å². The molecule has 0 unspecified atom stereocenters. The van der Waals surface area contributed by atoms with E-state index in [1.54, 1.807) is 0 Å². The third-order valence-corrected chi connectivity index (χ3v) is 3.95. The van der Waals surface area contributed by atoms with Gasteiger partial charge >= 0.3 is 0 Å². The molecule has 1 fully saturated rings. The maximum Gasteiger partial charge on any atom is 0.104 e. The van der Waals surface area contributed by atoms with Gasteiger partial charge in [0.25, 0.3) is 0 Å². The Morgan fingerprint density at radius 2 is 1.85 bits per heavy atom. The van der Waals surface area contributed by atoms with Crippen molar-refractivity contribution in [3.8, 4) is 0 Å². The average molecular weight is 286 g/mol. The summed E-state index contributed by atoms with van der Waals surface area (Å²) in [5.41, 5.74) is 8.02. The van der Waals surface area contributed by atoms with Crippen molar-refractivity contribution in [2.75, 3.05) is 31.2 Å². The topological polar surface area (TPSA) is 38.5 Å². The van der Waals surface area contributed by atoms with E-state index in [2.05, 4.69) is 29.2 Å². The first kappa shape index (κ1) is 13.3. The van der Waals surface area contributed by atoms with Crippen molar-refractivity contribution < 1.29 is 4.74 Å². The van der Waals surface area contributed by atoms with Gasteiger partial charge in [-0.2, -0.15) is 0 Å². The molecule has 0 bridgehead atoms. The molecule has 2 aromatic carbocycles. The largest absolute Gasteiger partial charge is 0.389 e. The molecule has 2 N–H and O–H groups in total. The Kier molecular flexibility index (Phi) is 3.85. The zero-order valence-corrected chi connectivity index (χ0v) is 12.2. The maximum absolute atomic E-state index is 5.83. The second kappa shape index (κ2) is 5.77. The highest BCUT2D eigenvalue weighted by Crippen LogP contribution is 2.30. The van der Waals surface area contributed by atoms with Crippen LogP contribution in [0.4, 0.5) is 5.69 Å². The van der Waals surface area contributed by atoms with Crippen LogP contribution in [0, 0.1) is 0 Å². The zero-order chi connectivity index (χ0) is 13.9. The van der Waals surface area contributed by atoms with Gasteiger partial charge in [0.2, 0.25) is 0 Å². The third-order valence-electron chi connectivity index (χ3n) is 3.73. The number of benzene rings is 2. The molecule has 1 heterocycles. The molecule has 3 rings (SSSR count). The lowest BCUT2D eigenvalue weighted by Gasteiger charge is -2.24. The smallest absolute Gasteiger partial charge is 0.104 e. The summed E-state index contributed by atoms with van der Waals surface area (Å²) in [5.74, 6) is 0. The Morgan fingerprint density at radius 3 is 2.65 bits per heavy atom. The number of rotatable bonds is 2. The van der Waals surface area contributed by atoms with Crippen LogP contribution in [0.5, 0.6) is 0 Å². The lowest BCUT2D eigenvalue weighted by atomic mass is 10.0. The van der Waals surface area contributed by atoms with E-state index in [4.69, 9.17) is 22.7 Å². The number of hydrogen-bond donors (Lipinski definition) is 1. The van der Waals surface area contributed by atoms with Crippen LogP contribution < -0.4 is 10.6 Å². The highest BCUT2D eigenvalue weighted by molar-refractivity contribution is 7.80. The van der Waals surface area contributed by atoms with Crippen molar-refractivity contribution in [2.24, 2.45) is 5.73 Å². The molecule has 1 aliphatic rings. The molecular formula is C16H18N2OS. The number of nitrogens with two attached hydrogens (primary N) is 1. The summed E-state index contributed by atoms with van der Waals surface area (Å²) in [5, 5.41) is 2.34. The van der Waals surface area contributed by atoms with Crippen LogP contribution in [-0.2, 0) is 4.74 Å². The van der Waals surface area contributed by atoms with Gasteiger partial charge in [0.05, 0.1) is 6.61 Å². The summed E-state index contributed by atoms with van der Waals surface area (Å²) in [6, 6.07) is 12.5. The van der Waals surface area contributed by atoms with Gasteiger partial charge < -0.3 is 15.4 Å². The van der Waals surface area contributed by atoms with E-state index >= 15 is 0 Å². The first-order chi connectivity index (χ1) is 9.77. The monoisotopic (exact) mass is 286 g/mol. The van der Waals surface area contributed by atoms with Gasteiger partial charge in [-0.3, -0.25) is 0 Å². The minimum absolute atomic E-state index is 0.451. The standard InChI is InChI=1S/C16H18N2OS/c17-16(20)14-6-7-15(13-5-2-1-4-12(13)14)18-8-3-10-19-11-9-18/h1-2,4-7H,3,8-11H2,(H2,17,20). The van der Waals surface area contributed by atoms with Gasteiger partial charge in [0.15, 0.2) is 0 Å². The van der Waals surface area contributed by atoms with Crippen molar-refractivity contribution in [1.82, 2.24) is 0 Å². The molecule has 0 saturated carbocycles. The minimum atomic E-state index is 0.451. The maximum atomic E-state index is 5.83. The minimum Gasteiger partial charge on any atom is -0.389 e. The first-order valence-corrected chi connectivity index (χ1v) is 7.32. The molecule has 1 aliphatic heterocycles. The molecular weight excluding hydrogens is 268 g/mol. The van der Waals surface area contributed by atoms with Crippen LogP contribution in [0.2, 0.25) is 0 Å². The molecule has 0 amide bonds. The molecule has 2 aromatic rings. The van der Waals surface area contributed by atoms with Crippen molar-refractivity contribution in [1.29, 1.82) is 0 Å². The number of hydrogen-bond acceptors (Lipinski definition) is 3. The van der Waals surface area contributed by atoms with Gasteiger partial charge in [0.1, 0.15) is 4.99 Å². The second-order valence-electron chi connectivity index (χ2n) is 5.00. The number of thiocarbonyl (C=S) groups is 1. The molecule has 20 heavy (non-hydrogen) atoms. The normalized spacial score (nSPS) is 16.1. The summed E-state index contributed by atoms with van der Waals surface area (Å²) < 4.78 is 5.54. The Bertz CT molecular complexity index is 633. The molecule has 104 valence electrons. The average Bonchev–Trinajstić information content (AvgIpc) is 2.75.